The van der Waals surface area contributed by atoms with Crippen LogP contribution in [0.4, 0.5) is 0 Å². The Labute approximate surface area is 130 Å². The van der Waals surface area contributed by atoms with E-state index >= 15 is 0 Å². The van der Waals surface area contributed by atoms with Crippen LogP contribution in [0.5, 0.6) is 0 Å². The van der Waals surface area contributed by atoms with Crippen LogP contribution in [0.25, 0.3) is 0 Å². The second kappa shape index (κ2) is 7.40. The molecule has 5 heteroatoms. The van der Waals surface area contributed by atoms with Crippen molar-refractivity contribution in [2.75, 3.05) is 13.2 Å². The van der Waals surface area contributed by atoms with Gasteiger partial charge in [0.2, 0.25) is 0 Å². The molecule has 22 heavy (non-hydrogen) atoms. The summed E-state index contributed by atoms with van der Waals surface area (Å²) in [6.07, 6.45) is 3.46. The number of carbonyl (C=O) groups is 2. The number of aromatic carboxylic acids is 1. The topological polar surface area (TPSA) is 75.6 Å². The van der Waals surface area contributed by atoms with Crippen LogP contribution < -0.4 is 5.32 Å². The summed E-state index contributed by atoms with van der Waals surface area (Å²) in [5, 5.41) is 11.9. The van der Waals surface area contributed by atoms with Crippen molar-refractivity contribution in [1.82, 2.24) is 5.32 Å². The van der Waals surface area contributed by atoms with Crippen molar-refractivity contribution in [3.8, 4) is 0 Å². The SMILES string of the molecule is CCOC1CC(CCNC(=O)c2cc(C)cc(C(=O)O)c2)C1. The third-order valence-corrected chi connectivity index (χ3v) is 4.02. The summed E-state index contributed by atoms with van der Waals surface area (Å²) in [4.78, 5) is 23.1. The third kappa shape index (κ3) is 4.31. The minimum absolute atomic E-state index is 0.142. The lowest BCUT2D eigenvalue weighted by atomic mass is 9.80. The number of nitrogens with one attached hydrogen (secondary N) is 1. The van der Waals surface area contributed by atoms with Gasteiger partial charge >= 0.3 is 5.97 Å². The molecule has 5 nitrogen and oxygen atoms in total. The first-order valence-electron chi connectivity index (χ1n) is 7.74. The Morgan fingerprint density at radius 2 is 1.95 bits per heavy atom. The zero-order chi connectivity index (χ0) is 16.1. The van der Waals surface area contributed by atoms with Crippen molar-refractivity contribution in [2.45, 2.75) is 39.2 Å². The Morgan fingerprint density at radius 3 is 2.59 bits per heavy atom. The van der Waals surface area contributed by atoms with Crippen molar-refractivity contribution in [3.63, 3.8) is 0 Å². The van der Waals surface area contributed by atoms with Gasteiger partial charge in [0.05, 0.1) is 11.7 Å². The second-order valence-electron chi connectivity index (χ2n) is 5.85. The van der Waals surface area contributed by atoms with E-state index in [2.05, 4.69) is 5.32 Å². The van der Waals surface area contributed by atoms with Crippen LogP contribution in [0.15, 0.2) is 18.2 Å². The van der Waals surface area contributed by atoms with E-state index in [1.807, 2.05) is 6.92 Å². The van der Waals surface area contributed by atoms with Crippen LogP contribution >= 0.6 is 0 Å². The highest BCUT2D eigenvalue weighted by Crippen LogP contribution is 2.32. The average molecular weight is 305 g/mol. The third-order valence-electron chi connectivity index (χ3n) is 4.02. The number of carbonyl (C=O) groups excluding carboxylic acids is 1. The number of hydrogen-bond donors (Lipinski definition) is 2. The molecule has 1 saturated carbocycles. The summed E-state index contributed by atoms with van der Waals surface area (Å²) in [7, 11) is 0. The highest BCUT2D eigenvalue weighted by molar-refractivity contribution is 5.97. The van der Waals surface area contributed by atoms with Gasteiger partial charge in [-0.3, -0.25) is 4.79 Å². The monoisotopic (exact) mass is 305 g/mol. The van der Waals surface area contributed by atoms with E-state index in [9.17, 15) is 9.59 Å². The quantitative estimate of drug-likeness (QED) is 0.812. The fourth-order valence-corrected chi connectivity index (χ4v) is 2.81. The standard InChI is InChI=1S/C17H23NO4/c1-3-22-15-8-12(9-15)4-5-18-16(19)13-6-11(2)7-14(10-13)17(20)21/h6-7,10,12,15H,3-5,8-9H2,1-2H3,(H,18,19)(H,20,21). The number of ether oxygens (including phenoxy) is 1. The van der Waals surface area contributed by atoms with Gasteiger partial charge in [0.1, 0.15) is 0 Å². The van der Waals surface area contributed by atoms with Gasteiger partial charge in [-0.05, 0) is 62.8 Å². The van der Waals surface area contributed by atoms with Gasteiger partial charge in [-0.15, -0.1) is 0 Å². The predicted octanol–water partition coefficient (Wildman–Crippen LogP) is 2.63. The summed E-state index contributed by atoms with van der Waals surface area (Å²) in [5.41, 5.74) is 1.31. The minimum atomic E-state index is -1.02. The molecule has 1 aliphatic rings. The fourth-order valence-electron chi connectivity index (χ4n) is 2.81. The molecule has 0 unspecified atom stereocenters. The Kier molecular flexibility index (Phi) is 5.55. The summed E-state index contributed by atoms with van der Waals surface area (Å²) in [6, 6.07) is 4.68. The number of rotatable bonds is 7. The molecule has 0 bridgehead atoms. The second-order valence-corrected chi connectivity index (χ2v) is 5.85. The first-order valence-corrected chi connectivity index (χ1v) is 7.74. The number of benzene rings is 1. The van der Waals surface area contributed by atoms with Crippen LogP contribution in [-0.4, -0.2) is 36.2 Å². The Balaban J connectivity index is 1.79. The smallest absolute Gasteiger partial charge is 0.335 e. The number of hydrogen-bond acceptors (Lipinski definition) is 3. The number of amides is 1. The lowest BCUT2D eigenvalue weighted by Crippen LogP contribution is -2.34. The first-order chi connectivity index (χ1) is 10.5. The molecule has 2 N–H and O–H groups in total. The van der Waals surface area contributed by atoms with Crippen LogP contribution in [-0.2, 0) is 4.74 Å². The molecule has 0 radical (unpaired) electrons. The minimum Gasteiger partial charge on any atom is -0.478 e. The molecule has 0 spiro atoms. The van der Waals surface area contributed by atoms with E-state index in [-0.39, 0.29) is 11.5 Å². The van der Waals surface area contributed by atoms with E-state index in [0.29, 0.717) is 24.1 Å². The van der Waals surface area contributed by atoms with Gasteiger partial charge in [-0.2, -0.15) is 0 Å². The summed E-state index contributed by atoms with van der Waals surface area (Å²) in [5.74, 6) is -0.620. The van der Waals surface area contributed by atoms with Crippen LogP contribution in [0, 0.1) is 12.8 Å². The van der Waals surface area contributed by atoms with Gasteiger partial charge in [0.25, 0.3) is 5.91 Å². The first kappa shape index (κ1) is 16.5. The van der Waals surface area contributed by atoms with Crippen LogP contribution in [0.2, 0.25) is 0 Å². The zero-order valence-corrected chi connectivity index (χ0v) is 13.1. The predicted molar refractivity (Wildman–Crippen MR) is 83.2 cm³/mol. The molecule has 1 aromatic carbocycles. The molecule has 0 aromatic heterocycles. The van der Waals surface area contributed by atoms with Crippen molar-refractivity contribution >= 4 is 11.9 Å². The summed E-state index contributed by atoms with van der Waals surface area (Å²) >= 11 is 0. The molecule has 2 rings (SSSR count). The molecule has 1 amide bonds. The zero-order valence-electron chi connectivity index (χ0n) is 13.1. The molecule has 1 aliphatic carbocycles. The number of carboxylic acids is 1. The van der Waals surface area contributed by atoms with Gasteiger partial charge in [-0.1, -0.05) is 0 Å². The van der Waals surface area contributed by atoms with Crippen LogP contribution in [0.1, 0.15) is 52.5 Å². The highest BCUT2D eigenvalue weighted by atomic mass is 16.5. The van der Waals surface area contributed by atoms with E-state index in [0.717, 1.165) is 31.4 Å². The van der Waals surface area contributed by atoms with Gasteiger partial charge in [0.15, 0.2) is 0 Å². The fraction of sp³-hybridized carbons (Fsp3) is 0.529. The number of aryl methyl sites for hydroxylation is 1. The molecule has 0 aliphatic heterocycles. The maximum Gasteiger partial charge on any atom is 0.335 e. The lowest BCUT2D eigenvalue weighted by molar-refractivity contribution is -0.0261. The number of carboxylic acid groups (broad SMARTS) is 1. The summed E-state index contributed by atoms with van der Waals surface area (Å²) in [6.45, 7) is 5.15. The Bertz CT molecular complexity index is 550. The molecule has 120 valence electrons. The molecule has 1 aromatic rings. The maximum atomic E-state index is 12.1. The van der Waals surface area contributed by atoms with E-state index in [1.165, 1.54) is 6.07 Å². The van der Waals surface area contributed by atoms with Gasteiger partial charge in [0, 0.05) is 18.7 Å². The van der Waals surface area contributed by atoms with Gasteiger partial charge in [-0.25, -0.2) is 4.79 Å². The molecular formula is C17H23NO4. The maximum absolute atomic E-state index is 12.1. The highest BCUT2D eigenvalue weighted by Gasteiger charge is 2.28. The Morgan fingerprint density at radius 1 is 1.27 bits per heavy atom. The van der Waals surface area contributed by atoms with Gasteiger partial charge < -0.3 is 15.2 Å². The largest absolute Gasteiger partial charge is 0.478 e. The normalized spacial score (nSPS) is 20.3. The molecule has 0 atom stereocenters. The van der Waals surface area contributed by atoms with E-state index in [4.69, 9.17) is 9.84 Å². The van der Waals surface area contributed by atoms with Crippen molar-refractivity contribution in [3.05, 3.63) is 34.9 Å². The molecular weight excluding hydrogens is 282 g/mol. The average Bonchev–Trinajstić information content (AvgIpc) is 2.43. The lowest BCUT2D eigenvalue weighted by Gasteiger charge is -2.34. The van der Waals surface area contributed by atoms with Crippen molar-refractivity contribution in [1.29, 1.82) is 0 Å². The summed E-state index contributed by atoms with van der Waals surface area (Å²) < 4.78 is 5.51. The van der Waals surface area contributed by atoms with Crippen molar-refractivity contribution in [2.24, 2.45) is 5.92 Å². The van der Waals surface area contributed by atoms with E-state index in [1.54, 1.807) is 19.1 Å². The Hall–Kier alpha value is -1.88. The van der Waals surface area contributed by atoms with E-state index < -0.39 is 5.97 Å². The molecule has 1 fully saturated rings. The van der Waals surface area contributed by atoms with Crippen molar-refractivity contribution < 1.29 is 19.4 Å². The molecule has 0 heterocycles. The van der Waals surface area contributed by atoms with Crippen LogP contribution in [0.3, 0.4) is 0 Å². The molecule has 0 saturated heterocycles.